The zero-order valence-corrected chi connectivity index (χ0v) is 24.2. The Kier molecular flexibility index (Phi) is 7.71. The molecule has 0 spiro atoms. The molecule has 3 unspecified atom stereocenters. The van der Waals surface area contributed by atoms with Gasteiger partial charge in [0.25, 0.3) is 11.5 Å². The summed E-state index contributed by atoms with van der Waals surface area (Å²) in [6.07, 6.45) is -4.03. The van der Waals surface area contributed by atoms with Crippen LogP contribution in [0.15, 0.2) is 43.0 Å². The van der Waals surface area contributed by atoms with E-state index < -0.39 is 59.9 Å². The van der Waals surface area contributed by atoms with E-state index in [1.165, 1.54) is 22.1 Å². The maximum atomic E-state index is 13.6. The molecule has 2 aromatic heterocycles. The summed E-state index contributed by atoms with van der Waals surface area (Å²) in [5.41, 5.74) is -2.04. The lowest BCUT2D eigenvalue weighted by Gasteiger charge is -2.38. The van der Waals surface area contributed by atoms with Crippen molar-refractivity contribution in [3.63, 3.8) is 0 Å². The van der Waals surface area contributed by atoms with Gasteiger partial charge in [0.2, 0.25) is 0 Å². The van der Waals surface area contributed by atoms with Crippen LogP contribution in [0.3, 0.4) is 0 Å². The molecule has 2 bridgehead atoms. The number of aliphatic hydroxyl groups excluding tert-OH is 2. The molecule has 234 valence electrons. The van der Waals surface area contributed by atoms with Crippen molar-refractivity contribution in [2.45, 2.75) is 68.8 Å². The molecule has 0 radical (unpaired) electrons. The highest BCUT2D eigenvalue weighted by atomic mass is 16.6. The number of nitrogens with one attached hydrogen (secondary N) is 1. The molecule has 3 fully saturated rings. The fourth-order valence-corrected chi connectivity index (χ4v) is 6.04. The van der Waals surface area contributed by atoms with Gasteiger partial charge < -0.3 is 38.8 Å². The molecular formula is C28H32N6O10. The van der Waals surface area contributed by atoms with Gasteiger partial charge in [-0.05, 0) is 19.4 Å². The van der Waals surface area contributed by atoms with E-state index in [1.54, 1.807) is 13.8 Å². The van der Waals surface area contributed by atoms with Gasteiger partial charge >= 0.3 is 12.1 Å². The van der Waals surface area contributed by atoms with Crippen LogP contribution in [0.2, 0.25) is 0 Å². The van der Waals surface area contributed by atoms with Gasteiger partial charge in [0.1, 0.15) is 43.1 Å². The van der Waals surface area contributed by atoms with E-state index in [0.717, 1.165) is 12.7 Å². The summed E-state index contributed by atoms with van der Waals surface area (Å²) in [5.74, 6) is -1.49. The van der Waals surface area contributed by atoms with Crippen LogP contribution in [-0.2, 0) is 39.9 Å². The molecule has 0 aliphatic carbocycles. The quantitative estimate of drug-likeness (QED) is 0.223. The Morgan fingerprint density at radius 2 is 1.93 bits per heavy atom. The molecule has 5 heterocycles. The van der Waals surface area contributed by atoms with Gasteiger partial charge in [-0.15, -0.1) is 0 Å². The summed E-state index contributed by atoms with van der Waals surface area (Å²) in [6, 6.07) is 9.15. The fraction of sp³-hybridized carbons (Fsp3) is 0.500. The molecule has 3 aliphatic rings. The Bertz CT molecular complexity index is 1570. The number of ether oxygens (including phenoxy) is 5. The van der Waals surface area contributed by atoms with Crippen molar-refractivity contribution < 1.29 is 48.3 Å². The third-order valence-corrected chi connectivity index (χ3v) is 8.15. The third-order valence-electron chi connectivity index (χ3n) is 8.15. The van der Waals surface area contributed by atoms with Crippen LogP contribution in [0.5, 0.6) is 0 Å². The molecular weight excluding hydrogens is 580 g/mol. The highest BCUT2D eigenvalue weighted by Crippen LogP contribution is 2.51. The normalized spacial score (nSPS) is 31.1. The highest BCUT2D eigenvalue weighted by Gasteiger charge is 2.74. The number of hydrogen-bond donors (Lipinski definition) is 3. The van der Waals surface area contributed by atoms with Crippen LogP contribution in [0.4, 0.5) is 10.6 Å². The lowest BCUT2D eigenvalue weighted by atomic mass is 9.88. The van der Waals surface area contributed by atoms with Gasteiger partial charge in [-0.3, -0.25) is 14.7 Å². The zero-order chi connectivity index (χ0) is 31.2. The van der Waals surface area contributed by atoms with E-state index in [1.807, 2.05) is 30.3 Å². The SMILES string of the molecule is CCOC1CC2(C)OC1(C(=O)OC)C(=O)N2C[C@H]1O[C@@H](n2cnc3c(NC(=O)OCc4ccccc4)ncnc32)[C@H](O)[C@@H]1O. The molecule has 3 saturated heterocycles. The number of piperidine rings is 1. The average Bonchev–Trinajstić information content (AvgIpc) is 3.72. The van der Waals surface area contributed by atoms with Crippen molar-refractivity contribution in [3.05, 3.63) is 48.5 Å². The summed E-state index contributed by atoms with van der Waals surface area (Å²) in [6.45, 7) is 3.48. The number of amides is 2. The monoisotopic (exact) mass is 612 g/mol. The van der Waals surface area contributed by atoms with E-state index in [9.17, 15) is 24.6 Å². The smallest absolute Gasteiger partial charge is 0.413 e. The van der Waals surface area contributed by atoms with Crippen molar-refractivity contribution in [2.24, 2.45) is 0 Å². The largest absolute Gasteiger partial charge is 0.466 e. The van der Waals surface area contributed by atoms with Gasteiger partial charge in [0, 0.05) is 13.0 Å². The number of nitrogens with zero attached hydrogens (tertiary/aromatic N) is 5. The van der Waals surface area contributed by atoms with E-state index in [4.69, 9.17) is 23.7 Å². The van der Waals surface area contributed by atoms with Crippen LogP contribution in [0, 0.1) is 0 Å². The van der Waals surface area contributed by atoms with Crippen LogP contribution in [-0.4, -0.2) is 109 Å². The average molecular weight is 613 g/mol. The zero-order valence-electron chi connectivity index (χ0n) is 24.2. The summed E-state index contributed by atoms with van der Waals surface area (Å²) in [4.78, 5) is 52.8. The van der Waals surface area contributed by atoms with E-state index >= 15 is 0 Å². The second kappa shape index (κ2) is 11.4. The molecule has 44 heavy (non-hydrogen) atoms. The summed E-state index contributed by atoms with van der Waals surface area (Å²) < 4.78 is 29.3. The summed E-state index contributed by atoms with van der Waals surface area (Å²) in [7, 11) is 1.16. The first-order valence-electron chi connectivity index (χ1n) is 14.0. The second-order valence-corrected chi connectivity index (χ2v) is 10.8. The van der Waals surface area contributed by atoms with E-state index in [-0.39, 0.29) is 43.2 Å². The predicted octanol–water partition coefficient (Wildman–Crippen LogP) is 0.490. The molecule has 2 amide bonds. The number of benzene rings is 1. The second-order valence-electron chi connectivity index (χ2n) is 10.8. The van der Waals surface area contributed by atoms with Crippen molar-refractivity contribution in [1.82, 2.24) is 24.4 Å². The van der Waals surface area contributed by atoms with Gasteiger partial charge in [0.05, 0.1) is 20.0 Å². The number of esters is 1. The summed E-state index contributed by atoms with van der Waals surface area (Å²) >= 11 is 0. The Morgan fingerprint density at radius 1 is 1.16 bits per heavy atom. The molecule has 1 aromatic carbocycles. The summed E-state index contributed by atoms with van der Waals surface area (Å²) in [5, 5.41) is 24.5. The lowest BCUT2D eigenvalue weighted by Crippen LogP contribution is -2.61. The van der Waals surface area contributed by atoms with Gasteiger partial charge in [-0.2, -0.15) is 0 Å². The van der Waals surface area contributed by atoms with Gasteiger partial charge in [0.15, 0.2) is 23.2 Å². The third kappa shape index (κ3) is 4.75. The topological polar surface area (TPSA) is 197 Å². The number of rotatable bonds is 9. The number of aromatic nitrogens is 4. The minimum atomic E-state index is -1.98. The molecule has 16 heteroatoms. The van der Waals surface area contributed by atoms with E-state index in [2.05, 4.69) is 20.3 Å². The van der Waals surface area contributed by atoms with E-state index in [0.29, 0.717) is 0 Å². The van der Waals surface area contributed by atoms with Gasteiger partial charge in [-0.25, -0.2) is 24.5 Å². The number of carbonyl (C=O) groups is 3. The minimum absolute atomic E-state index is 0.0490. The highest BCUT2D eigenvalue weighted by molar-refractivity contribution is 6.09. The molecule has 16 nitrogen and oxygen atoms in total. The van der Waals surface area contributed by atoms with Crippen LogP contribution >= 0.6 is 0 Å². The van der Waals surface area contributed by atoms with Crippen LogP contribution in [0.1, 0.15) is 32.1 Å². The predicted molar refractivity (Wildman–Crippen MR) is 147 cm³/mol. The Labute approximate surface area is 250 Å². The first-order valence-corrected chi connectivity index (χ1v) is 14.0. The fourth-order valence-electron chi connectivity index (χ4n) is 6.04. The molecule has 0 saturated carbocycles. The first kappa shape index (κ1) is 29.8. The number of likely N-dealkylation sites (tertiary alicyclic amines) is 1. The standard InChI is InChI=1S/C28H32N6O10/c1-4-41-17-10-27(2)34(24(37)28(17,44-27)25(38)40-3)11-16-19(35)20(36)23(43-16)33-14-31-18-21(29-13-30-22(18)33)32-26(39)42-12-15-8-6-5-7-9-15/h5-9,13-14,16-17,19-20,23,35-36H,4,10-12H2,1-3H3,(H,29,30,32,39)/t16-,17?,19-,20-,23-,27?,28?/m1/s1. The maximum absolute atomic E-state index is 13.6. The first-order chi connectivity index (χ1) is 21.1. The number of carbonyl (C=O) groups excluding carboxylic acids is 3. The Hall–Kier alpha value is -4.22. The lowest BCUT2D eigenvalue weighted by molar-refractivity contribution is -0.178. The number of aliphatic hydroxyl groups is 2. The minimum Gasteiger partial charge on any atom is -0.466 e. The van der Waals surface area contributed by atoms with Crippen molar-refractivity contribution in [3.8, 4) is 0 Å². The molecule has 3 aromatic rings. The molecule has 3 N–H and O–H groups in total. The van der Waals surface area contributed by atoms with Gasteiger partial charge in [-0.1, -0.05) is 30.3 Å². The number of hydrogen-bond acceptors (Lipinski definition) is 13. The van der Waals surface area contributed by atoms with Crippen molar-refractivity contribution in [2.75, 3.05) is 25.6 Å². The maximum Gasteiger partial charge on any atom is 0.413 e. The number of fused-ring (bicyclic) bond motifs is 3. The van der Waals surface area contributed by atoms with Crippen LogP contribution < -0.4 is 5.32 Å². The van der Waals surface area contributed by atoms with Crippen molar-refractivity contribution >= 4 is 35.0 Å². The molecule has 3 aliphatic heterocycles. The van der Waals surface area contributed by atoms with Crippen LogP contribution in [0.25, 0.3) is 11.2 Å². The number of imidazole rings is 1. The number of anilines is 1. The Balaban J connectivity index is 1.18. The molecule has 6 rings (SSSR count). The molecule has 7 atom stereocenters. The number of methoxy groups -OCH3 is 1. The van der Waals surface area contributed by atoms with Crippen molar-refractivity contribution in [1.29, 1.82) is 0 Å². The Morgan fingerprint density at radius 3 is 2.66 bits per heavy atom.